The minimum absolute atomic E-state index is 0.0529. The van der Waals surface area contributed by atoms with E-state index in [9.17, 15) is 19.2 Å². The summed E-state index contributed by atoms with van der Waals surface area (Å²) in [5, 5.41) is 0. The van der Waals surface area contributed by atoms with Gasteiger partial charge in [-0.2, -0.15) is 0 Å². The maximum absolute atomic E-state index is 13.4. The van der Waals surface area contributed by atoms with Gasteiger partial charge in [-0.1, -0.05) is 0 Å². The number of hydrogen-bond acceptors (Lipinski definition) is 8. The van der Waals surface area contributed by atoms with Crippen molar-refractivity contribution in [2.45, 2.75) is 118 Å². The van der Waals surface area contributed by atoms with E-state index in [1.807, 2.05) is 0 Å². The van der Waals surface area contributed by atoms with Gasteiger partial charge in [0.15, 0.2) is 0 Å². The smallest absolute Gasteiger partial charge is 0.310 e. The summed E-state index contributed by atoms with van der Waals surface area (Å²) >= 11 is 0. The number of ether oxygens (including phenoxy) is 4. The Hall–Kier alpha value is -2.12. The maximum atomic E-state index is 13.4. The van der Waals surface area contributed by atoms with Gasteiger partial charge in [-0.3, -0.25) is 19.2 Å². The van der Waals surface area contributed by atoms with Gasteiger partial charge in [0.05, 0.1) is 17.8 Å². The van der Waals surface area contributed by atoms with Crippen LogP contribution in [0.25, 0.3) is 0 Å². The van der Waals surface area contributed by atoms with E-state index in [2.05, 4.69) is 0 Å². The lowest BCUT2D eigenvalue weighted by Crippen LogP contribution is -2.49. The first-order chi connectivity index (χ1) is 16.0. The summed E-state index contributed by atoms with van der Waals surface area (Å²) in [5.74, 6) is -5.85. The van der Waals surface area contributed by atoms with Crippen LogP contribution in [0.4, 0.5) is 0 Å². The van der Waals surface area contributed by atoms with Crippen LogP contribution in [0.3, 0.4) is 0 Å². The molecule has 0 spiro atoms. The van der Waals surface area contributed by atoms with Gasteiger partial charge in [-0.25, -0.2) is 0 Å². The number of rotatable bonds is 5. The molecule has 2 saturated carbocycles. The van der Waals surface area contributed by atoms with E-state index >= 15 is 0 Å². The van der Waals surface area contributed by atoms with Crippen molar-refractivity contribution in [2.75, 3.05) is 0 Å². The molecule has 0 radical (unpaired) electrons. The predicted molar refractivity (Wildman–Crippen MR) is 134 cm³/mol. The molecule has 2 aliphatic carbocycles. The van der Waals surface area contributed by atoms with Crippen molar-refractivity contribution in [1.82, 2.24) is 0 Å². The van der Waals surface area contributed by atoms with Crippen molar-refractivity contribution >= 4 is 23.9 Å². The van der Waals surface area contributed by atoms with Gasteiger partial charge < -0.3 is 18.9 Å². The molecule has 0 aliphatic heterocycles. The van der Waals surface area contributed by atoms with E-state index in [1.165, 1.54) is 0 Å². The fraction of sp³-hybridized carbons (Fsp3) is 0.857. The lowest BCUT2D eigenvalue weighted by molar-refractivity contribution is -0.184. The Morgan fingerprint density at radius 3 is 1.22 bits per heavy atom. The van der Waals surface area contributed by atoms with E-state index in [4.69, 9.17) is 18.9 Å². The first-order valence-electron chi connectivity index (χ1n) is 12.9. The van der Waals surface area contributed by atoms with E-state index in [-0.39, 0.29) is 6.42 Å². The fourth-order valence-electron chi connectivity index (χ4n) is 5.49. The molecule has 2 rings (SSSR count). The van der Waals surface area contributed by atoms with Crippen LogP contribution in [0.1, 0.15) is 95.9 Å². The number of fused-ring (bicyclic) bond motifs is 2. The number of carbonyl (C=O) groups excluding carboxylic acids is 4. The average Bonchev–Trinajstić information content (AvgIpc) is 3.11. The lowest BCUT2D eigenvalue weighted by Gasteiger charge is -2.40. The highest BCUT2D eigenvalue weighted by Gasteiger charge is 2.66. The lowest BCUT2D eigenvalue weighted by atomic mass is 9.67. The molecule has 6 atom stereocenters. The summed E-state index contributed by atoms with van der Waals surface area (Å²) in [4.78, 5) is 53.2. The first-order valence-corrected chi connectivity index (χ1v) is 12.9. The number of hydrogen-bond donors (Lipinski definition) is 0. The first kappa shape index (κ1) is 30.1. The Balaban J connectivity index is 2.51. The van der Waals surface area contributed by atoms with Gasteiger partial charge in [-0.15, -0.1) is 0 Å². The Kier molecular flexibility index (Phi) is 8.34. The quantitative estimate of drug-likeness (QED) is 0.381. The second-order valence-corrected chi connectivity index (χ2v) is 14.2. The monoisotopic (exact) mass is 510 g/mol. The minimum Gasteiger partial charge on any atom is -0.460 e. The van der Waals surface area contributed by atoms with E-state index in [0.29, 0.717) is 6.42 Å². The van der Waals surface area contributed by atoms with Gasteiger partial charge in [0.25, 0.3) is 0 Å². The molecule has 6 unspecified atom stereocenters. The molecule has 2 aliphatic rings. The second kappa shape index (κ2) is 9.97. The molecule has 0 N–H and O–H groups in total. The van der Waals surface area contributed by atoms with Gasteiger partial charge in [0, 0.05) is 6.42 Å². The molecule has 0 heterocycles. The van der Waals surface area contributed by atoms with Crippen LogP contribution in [0.15, 0.2) is 0 Å². The van der Waals surface area contributed by atoms with Crippen molar-refractivity contribution in [3.8, 4) is 0 Å². The normalized spacial score (nSPS) is 28.4. The van der Waals surface area contributed by atoms with Crippen molar-refractivity contribution in [1.29, 1.82) is 0 Å². The summed E-state index contributed by atoms with van der Waals surface area (Å²) in [6.07, 6.45) is 0.369. The molecule has 206 valence electrons. The fourth-order valence-corrected chi connectivity index (χ4v) is 5.49. The van der Waals surface area contributed by atoms with E-state index < -0.39 is 81.8 Å². The Morgan fingerprint density at radius 1 is 0.528 bits per heavy atom. The average molecular weight is 511 g/mol. The zero-order chi connectivity index (χ0) is 28.0. The Labute approximate surface area is 216 Å². The third kappa shape index (κ3) is 7.94. The molecule has 36 heavy (non-hydrogen) atoms. The second-order valence-electron chi connectivity index (χ2n) is 14.2. The molecule has 0 aromatic heterocycles. The van der Waals surface area contributed by atoms with Crippen molar-refractivity contribution in [3.63, 3.8) is 0 Å². The molecule has 8 nitrogen and oxygen atoms in total. The molecule has 0 aromatic rings. The standard InChI is InChI=1S/C28H46O8/c1-25(2,3)33-18(29)14-16-15-13-17(19(16)22(30)34-26(4,5)6)21(24(32)36-28(10,11)12)20(15)23(31)35-27(7,8)9/h15-17,19-21H,13-14H2,1-12H3. The highest BCUT2D eigenvalue weighted by Crippen LogP contribution is 2.61. The topological polar surface area (TPSA) is 105 Å². The van der Waals surface area contributed by atoms with Crippen molar-refractivity contribution in [3.05, 3.63) is 0 Å². The van der Waals surface area contributed by atoms with Crippen LogP contribution in [0.5, 0.6) is 0 Å². The molecule has 0 amide bonds. The number of esters is 4. The maximum Gasteiger partial charge on any atom is 0.310 e. The van der Waals surface area contributed by atoms with Gasteiger partial charge in [0.1, 0.15) is 22.4 Å². The molecule has 0 saturated heterocycles. The Bertz CT molecular complexity index is 860. The highest BCUT2D eigenvalue weighted by molar-refractivity contribution is 5.87. The van der Waals surface area contributed by atoms with Gasteiger partial charge in [-0.05, 0) is 107 Å². The summed E-state index contributed by atoms with van der Waals surface area (Å²) in [7, 11) is 0. The van der Waals surface area contributed by atoms with Gasteiger partial charge in [0.2, 0.25) is 0 Å². The van der Waals surface area contributed by atoms with Crippen LogP contribution in [0.2, 0.25) is 0 Å². The zero-order valence-electron chi connectivity index (χ0n) is 24.1. The predicted octanol–water partition coefficient (Wildman–Crippen LogP) is 4.86. The molecule has 0 aromatic carbocycles. The largest absolute Gasteiger partial charge is 0.460 e. The van der Waals surface area contributed by atoms with Gasteiger partial charge >= 0.3 is 23.9 Å². The Morgan fingerprint density at radius 2 is 0.861 bits per heavy atom. The van der Waals surface area contributed by atoms with Crippen LogP contribution in [-0.2, 0) is 38.1 Å². The molecular weight excluding hydrogens is 464 g/mol. The third-order valence-corrected chi connectivity index (χ3v) is 6.19. The summed E-state index contributed by atoms with van der Waals surface area (Å²) in [6.45, 7) is 21.2. The van der Waals surface area contributed by atoms with Crippen LogP contribution in [0, 0.1) is 35.5 Å². The summed E-state index contributed by atoms with van der Waals surface area (Å²) < 4.78 is 22.7. The summed E-state index contributed by atoms with van der Waals surface area (Å²) in [6, 6.07) is 0. The summed E-state index contributed by atoms with van der Waals surface area (Å²) in [5.41, 5.74) is -2.97. The van der Waals surface area contributed by atoms with Crippen molar-refractivity contribution < 1.29 is 38.1 Å². The zero-order valence-corrected chi connectivity index (χ0v) is 24.1. The third-order valence-electron chi connectivity index (χ3n) is 6.19. The highest BCUT2D eigenvalue weighted by atomic mass is 16.6. The minimum atomic E-state index is -0.864. The number of carbonyl (C=O) groups is 4. The SMILES string of the molecule is CC(C)(C)OC(=O)CC1C2CC(C1C(=O)OC(C)(C)C)C(C(=O)OC(C)(C)C)C2C(=O)OC(C)(C)C. The molecule has 2 bridgehead atoms. The van der Waals surface area contributed by atoms with Crippen LogP contribution >= 0.6 is 0 Å². The van der Waals surface area contributed by atoms with Crippen molar-refractivity contribution in [2.24, 2.45) is 35.5 Å². The van der Waals surface area contributed by atoms with E-state index in [1.54, 1.807) is 83.1 Å². The van der Waals surface area contributed by atoms with Crippen LogP contribution in [-0.4, -0.2) is 46.3 Å². The molecule has 2 fully saturated rings. The molecule has 8 heteroatoms. The van der Waals surface area contributed by atoms with E-state index in [0.717, 1.165) is 0 Å². The molecular formula is C28H46O8. The van der Waals surface area contributed by atoms with Crippen LogP contribution < -0.4 is 0 Å².